The number of hydrogen-bond acceptors (Lipinski definition) is 3. The Morgan fingerprint density at radius 1 is 1.20 bits per heavy atom. The van der Waals surface area contributed by atoms with Crippen molar-refractivity contribution in [3.63, 3.8) is 0 Å². The first-order chi connectivity index (χ1) is 9.34. The maximum absolute atomic E-state index is 13.1. The molecule has 3 saturated heterocycles. The Labute approximate surface area is 122 Å². The Balaban J connectivity index is 1.81. The molecule has 3 heterocycles. The van der Waals surface area contributed by atoms with Gasteiger partial charge >= 0.3 is 0 Å². The molecule has 0 radical (unpaired) electrons. The lowest BCUT2D eigenvalue weighted by molar-refractivity contribution is -0.142. The van der Waals surface area contributed by atoms with Crippen molar-refractivity contribution in [2.24, 2.45) is 23.7 Å². The van der Waals surface area contributed by atoms with Crippen molar-refractivity contribution in [2.75, 3.05) is 19.6 Å². The summed E-state index contributed by atoms with van der Waals surface area (Å²) in [5.41, 5.74) is -0.0312. The summed E-state index contributed by atoms with van der Waals surface area (Å²) in [6.07, 6.45) is 0.229. The topological polar surface area (TPSA) is 41.6 Å². The number of likely N-dealkylation sites (tertiary alicyclic amines) is 1. The Morgan fingerprint density at radius 3 is 2.45 bits per heavy atom. The van der Waals surface area contributed by atoms with Crippen molar-refractivity contribution < 1.29 is 9.53 Å². The summed E-state index contributed by atoms with van der Waals surface area (Å²) < 4.78 is 5.87. The zero-order valence-electron chi connectivity index (χ0n) is 13.3. The Bertz CT molecular complexity index is 409. The Kier molecular flexibility index (Phi) is 3.37. The molecule has 20 heavy (non-hydrogen) atoms. The average molecular weight is 280 g/mol. The predicted octanol–water partition coefficient (Wildman–Crippen LogP) is 1.50. The maximum Gasteiger partial charge on any atom is 0.229 e. The van der Waals surface area contributed by atoms with E-state index in [0.717, 1.165) is 19.6 Å². The summed E-state index contributed by atoms with van der Waals surface area (Å²) in [6, 6.07) is 0. The molecule has 0 aliphatic carbocycles. The summed E-state index contributed by atoms with van der Waals surface area (Å²) in [6.45, 7) is 13.8. The van der Waals surface area contributed by atoms with E-state index in [0.29, 0.717) is 23.7 Å². The minimum Gasteiger partial charge on any atom is -0.374 e. The first kappa shape index (κ1) is 14.3. The third-order valence-corrected chi connectivity index (χ3v) is 6.15. The van der Waals surface area contributed by atoms with Gasteiger partial charge in [0.2, 0.25) is 5.91 Å². The van der Waals surface area contributed by atoms with E-state index in [1.165, 1.54) is 0 Å². The van der Waals surface area contributed by atoms with Crippen molar-refractivity contribution in [2.45, 2.75) is 52.4 Å². The fourth-order valence-electron chi connectivity index (χ4n) is 4.67. The van der Waals surface area contributed by atoms with E-state index in [4.69, 9.17) is 4.74 Å². The second-order valence-electron chi connectivity index (χ2n) is 7.56. The van der Waals surface area contributed by atoms with Gasteiger partial charge in [0.15, 0.2) is 0 Å². The third-order valence-electron chi connectivity index (χ3n) is 6.15. The van der Waals surface area contributed by atoms with E-state index in [9.17, 15) is 4.79 Å². The lowest BCUT2D eigenvalue weighted by atomic mass is 9.83. The minimum absolute atomic E-state index is 0.0241. The zero-order valence-corrected chi connectivity index (χ0v) is 13.3. The van der Waals surface area contributed by atoms with Crippen LogP contribution in [-0.2, 0) is 9.53 Å². The van der Waals surface area contributed by atoms with Crippen LogP contribution in [0.1, 0.15) is 34.6 Å². The molecule has 0 aromatic rings. The van der Waals surface area contributed by atoms with E-state index in [-0.39, 0.29) is 23.7 Å². The van der Waals surface area contributed by atoms with Crippen LogP contribution in [0.3, 0.4) is 0 Å². The van der Waals surface area contributed by atoms with Gasteiger partial charge in [-0.3, -0.25) is 4.79 Å². The van der Waals surface area contributed by atoms with Crippen molar-refractivity contribution in [3.8, 4) is 0 Å². The summed E-state index contributed by atoms with van der Waals surface area (Å²) in [4.78, 5) is 15.2. The molecule has 3 fully saturated rings. The molecule has 1 N–H and O–H groups in total. The first-order valence-electron chi connectivity index (χ1n) is 8.01. The van der Waals surface area contributed by atoms with E-state index in [1.807, 2.05) is 6.92 Å². The molecule has 4 nitrogen and oxygen atoms in total. The molecular formula is C16H28N2O2. The van der Waals surface area contributed by atoms with Gasteiger partial charge in [0.05, 0.1) is 18.1 Å². The normalized spacial score (nSPS) is 46.8. The van der Waals surface area contributed by atoms with Crippen molar-refractivity contribution in [1.82, 2.24) is 10.2 Å². The Morgan fingerprint density at radius 2 is 1.90 bits per heavy atom. The summed E-state index contributed by atoms with van der Waals surface area (Å²) in [7, 11) is 0. The predicted molar refractivity (Wildman–Crippen MR) is 78.3 cm³/mol. The summed E-state index contributed by atoms with van der Waals surface area (Å²) >= 11 is 0. The van der Waals surface area contributed by atoms with Crippen LogP contribution < -0.4 is 5.32 Å². The largest absolute Gasteiger partial charge is 0.374 e. The monoisotopic (exact) mass is 280 g/mol. The highest BCUT2D eigenvalue weighted by atomic mass is 16.5. The van der Waals surface area contributed by atoms with Crippen LogP contribution in [0.2, 0.25) is 0 Å². The van der Waals surface area contributed by atoms with Gasteiger partial charge < -0.3 is 15.0 Å². The number of carbonyl (C=O) groups excluding carboxylic acids is 1. The number of amides is 1. The van der Waals surface area contributed by atoms with Gasteiger partial charge in [0.25, 0.3) is 0 Å². The molecule has 114 valence electrons. The van der Waals surface area contributed by atoms with Gasteiger partial charge in [0, 0.05) is 25.2 Å². The highest BCUT2D eigenvalue weighted by Crippen LogP contribution is 2.43. The van der Waals surface area contributed by atoms with Crippen LogP contribution in [0.15, 0.2) is 0 Å². The molecule has 3 aliphatic rings. The molecule has 0 spiro atoms. The van der Waals surface area contributed by atoms with Gasteiger partial charge in [-0.05, 0) is 45.4 Å². The van der Waals surface area contributed by atoms with Gasteiger partial charge in [0.1, 0.15) is 0 Å². The number of fused-ring (bicyclic) bond motifs is 1. The van der Waals surface area contributed by atoms with Crippen molar-refractivity contribution in [3.05, 3.63) is 0 Å². The fraction of sp³-hybridized carbons (Fsp3) is 0.938. The smallest absolute Gasteiger partial charge is 0.229 e. The molecule has 6 atom stereocenters. The number of nitrogens with zero attached hydrogens (tertiary/aromatic N) is 1. The quantitative estimate of drug-likeness (QED) is 0.791. The molecule has 0 aromatic carbocycles. The number of ether oxygens (including phenoxy) is 1. The molecule has 3 rings (SSSR count). The van der Waals surface area contributed by atoms with Crippen LogP contribution in [0.4, 0.5) is 0 Å². The van der Waals surface area contributed by atoms with Crippen LogP contribution in [0, 0.1) is 23.7 Å². The highest BCUT2D eigenvalue weighted by Gasteiger charge is 2.54. The second-order valence-corrected chi connectivity index (χ2v) is 7.56. The molecular weight excluding hydrogens is 252 g/mol. The van der Waals surface area contributed by atoms with Crippen molar-refractivity contribution >= 4 is 5.91 Å². The molecule has 4 heteroatoms. The lowest BCUT2D eigenvalue weighted by Gasteiger charge is -2.38. The molecule has 0 aromatic heterocycles. The zero-order chi connectivity index (χ0) is 14.7. The van der Waals surface area contributed by atoms with Gasteiger partial charge in [-0.25, -0.2) is 0 Å². The van der Waals surface area contributed by atoms with E-state index in [1.54, 1.807) is 0 Å². The standard InChI is InChI=1S/C16H28N2O2/c1-9-10(2)20-11(3)14(9)15(19)18-8-12-6-17-7-13(12)16(18,4)5/h9-14,17H,6-8H2,1-5H3. The number of rotatable bonds is 1. The lowest BCUT2D eigenvalue weighted by Crippen LogP contribution is -2.51. The Hall–Kier alpha value is -0.610. The number of carbonyl (C=O) groups is 1. The average Bonchev–Trinajstić information content (AvgIpc) is 2.97. The van der Waals surface area contributed by atoms with Crippen LogP contribution in [-0.4, -0.2) is 48.2 Å². The van der Waals surface area contributed by atoms with Crippen LogP contribution >= 0.6 is 0 Å². The summed E-state index contributed by atoms with van der Waals surface area (Å²) in [5, 5.41) is 3.47. The van der Waals surface area contributed by atoms with Gasteiger partial charge in [-0.1, -0.05) is 6.92 Å². The molecule has 3 aliphatic heterocycles. The van der Waals surface area contributed by atoms with Crippen LogP contribution in [0.25, 0.3) is 0 Å². The first-order valence-corrected chi connectivity index (χ1v) is 8.01. The fourth-order valence-corrected chi connectivity index (χ4v) is 4.67. The molecule has 0 saturated carbocycles. The maximum atomic E-state index is 13.1. The molecule has 1 amide bonds. The minimum atomic E-state index is -0.0312. The number of nitrogens with one attached hydrogen (secondary N) is 1. The molecule has 6 unspecified atom stereocenters. The summed E-state index contributed by atoms with van der Waals surface area (Å²) in [5.74, 6) is 1.87. The highest BCUT2D eigenvalue weighted by molar-refractivity contribution is 5.81. The third kappa shape index (κ3) is 1.92. The van der Waals surface area contributed by atoms with Crippen molar-refractivity contribution in [1.29, 1.82) is 0 Å². The second kappa shape index (κ2) is 4.70. The SMILES string of the molecule is CC1OC(C)C(C(=O)N2CC3CNCC3C2(C)C)C1C. The van der Waals surface area contributed by atoms with Gasteiger partial charge in [-0.2, -0.15) is 0 Å². The van der Waals surface area contributed by atoms with E-state index >= 15 is 0 Å². The number of hydrogen-bond donors (Lipinski definition) is 1. The van der Waals surface area contributed by atoms with E-state index < -0.39 is 0 Å². The van der Waals surface area contributed by atoms with E-state index in [2.05, 4.69) is 37.9 Å². The van der Waals surface area contributed by atoms with Gasteiger partial charge in [-0.15, -0.1) is 0 Å². The molecule has 0 bridgehead atoms. The van der Waals surface area contributed by atoms with Crippen LogP contribution in [0.5, 0.6) is 0 Å².